The minimum Gasteiger partial charge on any atom is -0.381 e. The molecule has 1 N–H and O–H groups in total. The van der Waals surface area contributed by atoms with Crippen LogP contribution in [0.4, 0.5) is 0 Å². The summed E-state index contributed by atoms with van der Waals surface area (Å²) in [6, 6.07) is 12.6. The molecule has 7 nitrogen and oxygen atoms in total. The van der Waals surface area contributed by atoms with Crippen LogP contribution in [-0.2, 0) is 11.3 Å². The molecule has 0 radical (unpaired) electrons. The third-order valence-electron chi connectivity index (χ3n) is 6.40. The Kier molecular flexibility index (Phi) is 6.83. The van der Waals surface area contributed by atoms with Crippen LogP contribution in [-0.4, -0.2) is 59.3 Å². The van der Waals surface area contributed by atoms with Gasteiger partial charge in [0.15, 0.2) is 0 Å². The number of halogens is 1. The monoisotopic (exact) mass is 480 g/mol. The standard InChI is InChI=1S/C26H29ClN4O3/c27-23-7-4-20(5-8-23)26(33)30-13-19(14-30)15-31-16-22-12-21(6-9-24(22)29-31)25(32)28-10-1-11-34-17-18-2-3-18/h4-9,12,16,18-19H,1-3,10-11,13-15,17H2,(H,28,32). The maximum Gasteiger partial charge on any atom is 0.253 e. The molecule has 1 saturated heterocycles. The molecular weight excluding hydrogens is 452 g/mol. The van der Waals surface area contributed by atoms with E-state index in [0.717, 1.165) is 36.4 Å². The lowest BCUT2D eigenvalue weighted by molar-refractivity contribution is 0.0462. The Labute approximate surface area is 204 Å². The van der Waals surface area contributed by atoms with Gasteiger partial charge in [0.1, 0.15) is 0 Å². The van der Waals surface area contributed by atoms with E-state index >= 15 is 0 Å². The fourth-order valence-electron chi connectivity index (χ4n) is 4.22. The fraction of sp³-hybridized carbons (Fsp3) is 0.423. The summed E-state index contributed by atoms with van der Waals surface area (Å²) >= 11 is 5.91. The first kappa shape index (κ1) is 22.9. The molecule has 0 bridgehead atoms. The minimum absolute atomic E-state index is 0.0312. The number of benzene rings is 2. The Balaban J connectivity index is 1.09. The highest BCUT2D eigenvalue weighted by Gasteiger charge is 2.31. The quantitative estimate of drug-likeness (QED) is 0.445. The van der Waals surface area contributed by atoms with Crippen LogP contribution in [0, 0.1) is 11.8 Å². The zero-order valence-corrected chi connectivity index (χ0v) is 19.8. The van der Waals surface area contributed by atoms with Gasteiger partial charge in [0, 0.05) is 73.0 Å². The predicted molar refractivity (Wildman–Crippen MR) is 131 cm³/mol. The second-order valence-electron chi connectivity index (χ2n) is 9.34. The van der Waals surface area contributed by atoms with Gasteiger partial charge < -0.3 is 15.0 Å². The average molecular weight is 481 g/mol. The van der Waals surface area contributed by atoms with Crippen molar-refractivity contribution in [1.29, 1.82) is 0 Å². The number of nitrogens with one attached hydrogen (secondary N) is 1. The van der Waals surface area contributed by atoms with Crippen molar-refractivity contribution < 1.29 is 14.3 Å². The number of hydrogen-bond acceptors (Lipinski definition) is 4. The molecular formula is C26H29ClN4O3. The second kappa shape index (κ2) is 10.2. The van der Waals surface area contributed by atoms with Crippen molar-refractivity contribution in [2.24, 2.45) is 11.8 Å². The van der Waals surface area contributed by atoms with Crippen molar-refractivity contribution in [1.82, 2.24) is 20.0 Å². The summed E-state index contributed by atoms with van der Waals surface area (Å²) in [5.74, 6) is 1.08. The molecule has 1 aromatic heterocycles. The number of carbonyl (C=O) groups is 2. The van der Waals surface area contributed by atoms with Gasteiger partial charge in [-0.1, -0.05) is 11.6 Å². The van der Waals surface area contributed by atoms with Crippen LogP contribution in [0.3, 0.4) is 0 Å². The summed E-state index contributed by atoms with van der Waals surface area (Å²) in [6.07, 6.45) is 5.37. The van der Waals surface area contributed by atoms with Crippen LogP contribution in [0.5, 0.6) is 0 Å². The van der Waals surface area contributed by atoms with E-state index in [4.69, 9.17) is 16.3 Å². The first-order chi connectivity index (χ1) is 16.5. The predicted octanol–water partition coefficient (Wildman–Crippen LogP) is 4.01. The maximum absolute atomic E-state index is 12.6. The Morgan fingerprint density at radius 1 is 1.06 bits per heavy atom. The summed E-state index contributed by atoms with van der Waals surface area (Å²) in [5.41, 5.74) is 2.15. The normalized spacial score (nSPS) is 16.0. The summed E-state index contributed by atoms with van der Waals surface area (Å²) in [6.45, 7) is 4.29. The van der Waals surface area contributed by atoms with Gasteiger partial charge in [0.05, 0.1) is 5.52 Å². The number of ether oxygens (including phenoxy) is 1. The number of hydrogen-bond donors (Lipinski definition) is 1. The lowest BCUT2D eigenvalue weighted by atomic mass is 9.99. The summed E-state index contributed by atoms with van der Waals surface area (Å²) in [5, 5.41) is 9.17. The molecule has 2 amide bonds. The Morgan fingerprint density at radius 3 is 2.59 bits per heavy atom. The van der Waals surface area contributed by atoms with Crippen molar-refractivity contribution in [3.05, 3.63) is 64.8 Å². The van der Waals surface area contributed by atoms with Crippen LogP contribution in [0.1, 0.15) is 40.0 Å². The van der Waals surface area contributed by atoms with Crippen LogP contribution in [0.15, 0.2) is 48.7 Å². The molecule has 0 atom stereocenters. The van der Waals surface area contributed by atoms with Crippen molar-refractivity contribution in [2.45, 2.75) is 25.8 Å². The number of fused-ring (bicyclic) bond motifs is 1. The summed E-state index contributed by atoms with van der Waals surface area (Å²) in [7, 11) is 0. The summed E-state index contributed by atoms with van der Waals surface area (Å²) < 4.78 is 7.52. The number of rotatable bonds is 10. The molecule has 2 heterocycles. The van der Waals surface area contributed by atoms with E-state index in [2.05, 4.69) is 10.4 Å². The number of amides is 2. The molecule has 178 valence electrons. The van der Waals surface area contributed by atoms with Gasteiger partial charge in [-0.25, -0.2) is 0 Å². The molecule has 0 unspecified atom stereocenters. The van der Waals surface area contributed by atoms with Gasteiger partial charge in [-0.15, -0.1) is 0 Å². The maximum atomic E-state index is 12.6. The van der Waals surface area contributed by atoms with Gasteiger partial charge in [0.25, 0.3) is 11.8 Å². The van der Waals surface area contributed by atoms with Crippen molar-refractivity contribution in [3.8, 4) is 0 Å². The van der Waals surface area contributed by atoms with E-state index in [1.807, 2.05) is 34.0 Å². The van der Waals surface area contributed by atoms with E-state index < -0.39 is 0 Å². The molecule has 1 aliphatic carbocycles. The van der Waals surface area contributed by atoms with E-state index in [9.17, 15) is 9.59 Å². The molecule has 2 fully saturated rings. The zero-order chi connectivity index (χ0) is 23.5. The first-order valence-corrected chi connectivity index (χ1v) is 12.3. The molecule has 8 heteroatoms. The molecule has 3 aromatic rings. The largest absolute Gasteiger partial charge is 0.381 e. The Morgan fingerprint density at radius 2 is 1.82 bits per heavy atom. The van der Waals surface area contributed by atoms with Crippen LogP contribution in [0.2, 0.25) is 5.02 Å². The minimum atomic E-state index is -0.0767. The number of nitrogens with zero attached hydrogens (tertiary/aromatic N) is 3. The van der Waals surface area contributed by atoms with Crippen molar-refractivity contribution in [3.63, 3.8) is 0 Å². The third-order valence-corrected chi connectivity index (χ3v) is 6.65. The Bertz CT molecular complexity index is 1170. The van der Waals surface area contributed by atoms with Crippen LogP contribution < -0.4 is 5.32 Å². The van der Waals surface area contributed by atoms with Gasteiger partial charge in [-0.3, -0.25) is 14.3 Å². The van der Waals surface area contributed by atoms with Gasteiger partial charge >= 0.3 is 0 Å². The Hall–Kier alpha value is -2.90. The van der Waals surface area contributed by atoms with Crippen molar-refractivity contribution in [2.75, 3.05) is 32.8 Å². The highest BCUT2D eigenvalue weighted by molar-refractivity contribution is 6.30. The SMILES string of the molecule is O=C(NCCCOCC1CC1)c1ccc2nn(CC3CN(C(=O)c4ccc(Cl)cc4)C3)cc2c1. The second-order valence-corrected chi connectivity index (χ2v) is 9.77. The van der Waals surface area contributed by atoms with E-state index in [1.54, 1.807) is 24.3 Å². The molecule has 34 heavy (non-hydrogen) atoms. The molecule has 2 aromatic carbocycles. The van der Waals surface area contributed by atoms with E-state index in [0.29, 0.717) is 48.3 Å². The van der Waals surface area contributed by atoms with E-state index in [1.165, 1.54) is 12.8 Å². The highest BCUT2D eigenvalue weighted by Crippen LogP contribution is 2.28. The highest BCUT2D eigenvalue weighted by atomic mass is 35.5. The molecule has 2 aliphatic rings. The fourth-order valence-corrected chi connectivity index (χ4v) is 4.34. The van der Waals surface area contributed by atoms with Gasteiger partial charge in [-0.05, 0) is 67.6 Å². The third kappa shape index (κ3) is 5.59. The van der Waals surface area contributed by atoms with Crippen LogP contribution in [0.25, 0.3) is 10.9 Å². The number of carbonyl (C=O) groups excluding carboxylic acids is 2. The first-order valence-electron chi connectivity index (χ1n) is 11.9. The number of aromatic nitrogens is 2. The van der Waals surface area contributed by atoms with Crippen molar-refractivity contribution >= 4 is 34.3 Å². The van der Waals surface area contributed by atoms with Crippen LogP contribution >= 0.6 is 11.6 Å². The molecule has 5 rings (SSSR count). The van der Waals surface area contributed by atoms with Gasteiger partial charge in [0.2, 0.25) is 0 Å². The lowest BCUT2D eigenvalue weighted by Gasteiger charge is -2.39. The molecule has 1 saturated carbocycles. The topological polar surface area (TPSA) is 76.5 Å². The number of likely N-dealkylation sites (tertiary alicyclic amines) is 1. The van der Waals surface area contributed by atoms with E-state index in [-0.39, 0.29) is 11.8 Å². The zero-order valence-electron chi connectivity index (χ0n) is 19.1. The van der Waals surface area contributed by atoms with Gasteiger partial charge in [-0.2, -0.15) is 5.10 Å². The lowest BCUT2D eigenvalue weighted by Crippen LogP contribution is -2.51. The molecule has 0 spiro atoms. The molecule has 1 aliphatic heterocycles. The smallest absolute Gasteiger partial charge is 0.253 e. The summed E-state index contributed by atoms with van der Waals surface area (Å²) in [4.78, 5) is 26.9. The average Bonchev–Trinajstić information content (AvgIpc) is 3.55.